The van der Waals surface area contributed by atoms with E-state index in [2.05, 4.69) is 19.2 Å². The second-order valence-corrected chi connectivity index (χ2v) is 6.65. The lowest BCUT2D eigenvalue weighted by Gasteiger charge is -2.38. The molecule has 0 radical (unpaired) electrons. The Morgan fingerprint density at radius 2 is 2.17 bits per heavy atom. The Morgan fingerprint density at radius 3 is 2.75 bits per heavy atom. The third-order valence-electron chi connectivity index (χ3n) is 4.19. The molecule has 1 saturated heterocycles. The molecule has 2 unspecified atom stereocenters. The van der Waals surface area contributed by atoms with E-state index in [4.69, 9.17) is 9.47 Å². The highest BCUT2D eigenvalue weighted by Gasteiger charge is 2.32. The van der Waals surface area contributed by atoms with Gasteiger partial charge in [0.25, 0.3) is 0 Å². The van der Waals surface area contributed by atoms with E-state index >= 15 is 0 Å². The van der Waals surface area contributed by atoms with Gasteiger partial charge in [0.2, 0.25) is 0 Å². The molecule has 1 aliphatic heterocycles. The molecule has 0 bridgehead atoms. The van der Waals surface area contributed by atoms with Crippen molar-refractivity contribution in [1.29, 1.82) is 0 Å². The summed E-state index contributed by atoms with van der Waals surface area (Å²) in [4.78, 5) is 13.9. The van der Waals surface area contributed by atoms with E-state index in [1.165, 1.54) is 0 Å². The van der Waals surface area contributed by atoms with Gasteiger partial charge in [0.1, 0.15) is 6.04 Å². The van der Waals surface area contributed by atoms with Crippen LogP contribution in [0.2, 0.25) is 0 Å². The maximum atomic E-state index is 11.9. The molecule has 0 aliphatic carbocycles. The molecule has 2 N–H and O–H groups in total. The van der Waals surface area contributed by atoms with Gasteiger partial charge in [-0.3, -0.25) is 9.69 Å². The summed E-state index contributed by atoms with van der Waals surface area (Å²) in [7, 11) is 1.57. The van der Waals surface area contributed by atoms with Gasteiger partial charge in [0.15, 0.2) is 11.5 Å². The lowest BCUT2D eigenvalue weighted by molar-refractivity contribution is -0.145. The number of benzene rings is 1. The number of nitrogens with zero attached hydrogens (tertiary/aromatic N) is 1. The van der Waals surface area contributed by atoms with Crippen LogP contribution < -0.4 is 14.8 Å². The smallest absolute Gasteiger partial charge is 0.325 e. The van der Waals surface area contributed by atoms with Crippen molar-refractivity contribution < 1.29 is 19.4 Å². The Bertz CT molecular complexity index is 562. The SMILES string of the molecule is COc1cc(C(C(=O)O)N2CCNCC2C)ccc1OCC(C)C. The Labute approximate surface area is 143 Å². The molecular weight excluding hydrogens is 308 g/mol. The fourth-order valence-corrected chi connectivity index (χ4v) is 2.95. The predicted molar refractivity (Wildman–Crippen MR) is 92.7 cm³/mol. The van der Waals surface area contributed by atoms with E-state index < -0.39 is 12.0 Å². The molecular formula is C18H28N2O4. The van der Waals surface area contributed by atoms with Crippen LogP contribution in [0.4, 0.5) is 0 Å². The fourth-order valence-electron chi connectivity index (χ4n) is 2.95. The van der Waals surface area contributed by atoms with E-state index in [-0.39, 0.29) is 6.04 Å². The summed E-state index contributed by atoms with van der Waals surface area (Å²) in [5.74, 6) is 0.777. The number of aliphatic carboxylic acids is 1. The van der Waals surface area contributed by atoms with Gasteiger partial charge in [0.05, 0.1) is 13.7 Å². The van der Waals surface area contributed by atoms with E-state index in [9.17, 15) is 9.90 Å². The number of carboxylic acids is 1. The molecule has 24 heavy (non-hydrogen) atoms. The summed E-state index contributed by atoms with van der Waals surface area (Å²) in [6.07, 6.45) is 0. The molecule has 2 rings (SSSR count). The zero-order valence-electron chi connectivity index (χ0n) is 14.9. The Hall–Kier alpha value is -1.79. The van der Waals surface area contributed by atoms with Crippen molar-refractivity contribution in [1.82, 2.24) is 10.2 Å². The van der Waals surface area contributed by atoms with Crippen molar-refractivity contribution >= 4 is 5.97 Å². The largest absolute Gasteiger partial charge is 0.493 e. The van der Waals surface area contributed by atoms with Crippen LogP contribution in [0.15, 0.2) is 18.2 Å². The summed E-state index contributed by atoms with van der Waals surface area (Å²) >= 11 is 0. The van der Waals surface area contributed by atoms with Crippen LogP contribution in [0.3, 0.4) is 0 Å². The Morgan fingerprint density at radius 1 is 1.42 bits per heavy atom. The molecule has 0 amide bonds. The molecule has 6 nitrogen and oxygen atoms in total. The van der Waals surface area contributed by atoms with Crippen molar-refractivity contribution in [2.24, 2.45) is 5.92 Å². The number of piperazine rings is 1. The highest BCUT2D eigenvalue weighted by atomic mass is 16.5. The lowest BCUT2D eigenvalue weighted by Crippen LogP contribution is -2.52. The molecule has 0 saturated carbocycles. The van der Waals surface area contributed by atoms with Gasteiger partial charge >= 0.3 is 5.97 Å². The summed E-state index contributed by atoms with van der Waals surface area (Å²) in [5, 5.41) is 13.1. The maximum Gasteiger partial charge on any atom is 0.325 e. The van der Waals surface area contributed by atoms with E-state index in [0.29, 0.717) is 36.1 Å². The first-order valence-electron chi connectivity index (χ1n) is 8.44. The third kappa shape index (κ3) is 4.39. The van der Waals surface area contributed by atoms with Gasteiger partial charge in [-0.25, -0.2) is 0 Å². The molecule has 1 aliphatic rings. The van der Waals surface area contributed by atoms with E-state index in [1.54, 1.807) is 19.2 Å². The molecule has 1 fully saturated rings. The summed E-state index contributed by atoms with van der Waals surface area (Å²) in [5.41, 5.74) is 0.713. The van der Waals surface area contributed by atoms with Gasteiger partial charge in [-0.15, -0.1) is 0 Å². The molecule has 1 aromatic carbocycles. The molecule has 0 spiro atoms. The minimum atomic E-state index is -0.846. The molecule has 2 atom stereocenters. The first-order valence-corrected chi connectivity index (χ1v) is 8.44. The molecule has 0 aromatic heterocycles. The van der Waals surface area contributed by atoms with Crippen LogP contribution in [0.1, 0.15) is 32.4 Å². The molecule has 1 aromatic rings. The Balaban J connectivity index is 2.28. The summed E-state index contributed by atoms with van der Waals surface area (Å²) in [6, 6.07) is 4.88. The number of nitrogens with one attached hydrogen (secondary N) is 1. The van der Waals surface area contributed by atoms with Crippen LogP contribution in [-0.4, -0.2) is 55.4 Å². The topological polar surface area (TPSA) is 71.0 Å². The lowest BCUT2D eigenvalue weighted by atomic mass is 10.0. The monoisotopic (exact) mass is 336 g/mol. The highest BCUT2D eigenvalue weighted by Crippen LogP contribution is 2.33. The van der Waals surface area contributed by atoms with Crippen LogP contribution in [0.25, 0.3) is 0 Å². The number of ether oxygens (including phenoxy) is 2. The molecule has 134 valence electrons. The maximum absolute atomic E-state index is 11.9. The van der Waals surface area contributed by atoms with Crippen LogP contribution in [0.5, 0.6) is 11.5 Å². The van der Waals surface area contributed by atoms with Crippen molar-refractivity contribution in [3.8, 4) is 11.5 Å². The highest BCUT2D eigenvalue weighted by molar-refractivity contribution is 5.76. The van der Waals surface area contributed by atoms with Crippen LogP contribution in [0, 0.1) is 5.92 Å². The number of carbonyl (C=O) groups is 1. The Kier molecular flexibility index (Phi) is 6.45. The predicted octanol–water partition coefficient (Wildman–Crippen LogP) is 2.15. The summed E-state index contributed by atoms with van der Waals surface area (Å²) < 4.78 is 11.2. The third-order valence-corrected chi connectivity index (χ3v) is 4.19. The second kappa shape index (κ2) is 8.35. The van der Waals surface area contributed by atoms with Crippen molar-refractivity contribution in [3.63, 3.8) is 0 Å². The van der Waals surface area contributed by atoms with Gasteiger partial charge < -0.3 is 19.9 Å². The van der Waals surface area contributed by atoms with Crippen molar-refractivity contribution in [2.45, 2.75) is 32.9 Å². The van der Waals surface area contributed by atoms with Gasteiger partial charge in [-0.2, -0.15) is 0 Å². The number of rotatable bonds is 7. The van der Waals surface area contributed by atoms with Crippen LogP contribution >= 0.6 is 0 Å². The van der Waals surface area contributed by atoms with Gasteiger partial charge in [-0.1, -0.05) is 19.9 Å². The summed E-state index contributed by atoms with van der Waals surface area (Å²) in [6.45, 7) is 9.07. The van der Waals surface area contributed by atoms with Crippen molar-refractivity contribution in [2.75, 3.05) is 33.4 Å². The van der Waals surface area contributed by atoms with E-state index in [0.717, 1.165) is 13.1 Å². The van der Waals surface area contributed by atoms with Gasteiger partial charge in [0, 0.05) is 25.7 Å². The van der Waals surface area contributed by atoms with E-state index in [1.807, 2.05) is 17.9 Å². The number of hydrogen-bond donors (Lipinski definition) is 2. The molecule has 1 heterocycles. The quantitative estimate of drug-likeness (QED) is 0.795. The second-order valence-electron chi connectivity index (χ2n) is 6.65. The van der Waals surface area contributed by atoms with Gasteiger partial charge in [-0.05, 0) is 30.5 Å². The average molecular weight is 336 g/mol. The number of hydrogen-bond acceptors (Lipinski definition) is 5. The van der Waals surface area contributed by atoms with Crippen molar-refractivity contribution in [3.05, 3.63) is 23.8 Å². The normalized spacial score (nSPS) is 20.0. The average Bonchev–Trinajstić information content (AvgIpc) is 2.55. The number of carboxylic acid groups (broad SMARTS) is 1. The fraction of sp³-hybridized carbons (Fsp3) is 0.611. The zero-order chi connectivity index (χ0) is 17.7. The first-order chi connectivity index (χ1) is 11.4. The standard InChI is InChI=1S/C18H28N2O4/c1-12(2)11-24-15-6-5-14(9-16(15)23-4)17(18(21)22)20-8-7-19-10-13(20)3/h5-6,9,12-13,17,19H,7-8,10-11H2,1-4H3,(H,21,22). The minimum absolute atomic E-state index is 0.155. The first kappa shape index (κ1) is 18.5. The minimum Gasteiger partial charge on any atom is -0.493 e. The molecule has 6 heteroatoms. The zero-order valence-corrected chi connectivity index (χ0v) is 14.9. The van der Waals surface area contributed by atoms with Crippen LogP contribution in [-0.2, 0) is 4.79 Å². The number of methoxy groups -OCH3 is 1.